The molecule has 1 N–H and O–H groups in total. The standard InChI is InChI=1S/C16H18ClN3O4/c1-23-6-7-24-16-5-3-13(11-19-16)10-18-9-12-2-4-14(17)15(8-12)20(21)22/h2-5,8,11,18H,6-7,9-10H2,1H3. The number of benzene rings is 1. The first-order valence-corrected chi connectivity index (χ1v) is 7.68. The number of pyridine rings is 1. The van der Waals surface area contributed by atoms with Gasteiger partial charge < -0.3 is 14.8 Å². The number of nitrogens with zero attached hydrogens (tertiary/aromatic N) is 2. The summed E-state index contributed by atoms with van der Waals surface area (Å²) in [5, 5.41) is 14.2. The number of hydrogen-bond acceptors (Lipinski definition) is 6. The normalized spacial score (nSPS) is 10.6. The number of rotatable bonds is 9. The van der Waals surface area contributed by atoms with Crippen molar-refractivity contribution in [2.75, 3.05) is 20.3 Å². The number of aromatic nitrogens is 1. The van der Waals surface area contributed by atoms with E-state index in [1.54, 1.807) is 25.4 Å². The molecule has 1 aromatic carbocycles. The Labute approximate surface area is 144 Å². The van der Waals surface area contributed by atoms with Crippen LogP contribution in [0.5, 0.6) is 5.88 Å². The fourth-order valence-corrected chi connectivity index (χ4v) is 2.18. The van der Waals surface area contributed by atoms with Gasteiger partial charge in [0, 0.05) is 38.5 Å². The first-order valence-electron chi connectivity index (χ1n) is 7.30. The fourth-order valence-electron chi connectivity index (χ4n) is 1.99. The van der Waals surface area contributed by atoms with E-state index < -0.39 is 4.92 Å². The Morgan fingerprint density at radius 2 is 1.96 bits per heavy atom. The van der Waals surface area contributed by atoms with Crippen LogP contribution >= 0.6 is 11.6 Å². The lowest BCUT2D eigenvalue weighted by atomic mass is 10.2. The van der Waals surface area contributed by atoms with Crippen LogP contribution in [0.3, 0.4) is 0 Å². The third-order valence-corrected chi connectivity index (χ3v) is 3.52. The zero-order valence-electron chi connectivity index (χ0n) is 13.2. The van der Waals surface area contributed by atoms with Gasteiger partial charge in [-0.15, -0.1) is 0 Å². The third kappa shape index (κ3) is 5.45. The van der Waals surface area contributed by atoms with Gasteiger partial charge >= 0.3 is 0 Å². The van der Waals surface area contributed by atoms with Gasteiger partial charge in [-0.3, -0.25) is 10.1 Å². The molecule has 24 heavy (non-hydrogen) atoms. The Bertz CT molecular complexity index is 680. The van der Waals surface area contributed by atoms with E-state index in [9.17, 15) is 10.1 Å². The molecule has 8 heteroatoms. The highest BCUT2D eigenvalue weighted by Crippen LogP contribution is 2.25. The van der Waals surface area contributed by atoms with E-state index in [1.165, 1.54) is 12.1 Å². The van der Waals surface area contributed by atoms with Gasteiger partial charge in [0.15, 0.2) is 0 Å². The molecule has 0 atom stereocenters. The Balaban J connectivity index is 1.83. The van der Waals surface area contributed by atoms with Gasteiger partial charge in [-0.05, 0) is 17.2 Å². The van der Waals surface area contributed by atoms with E-state index in [4.69, 9.17) is 21.1 Å². The number of nitro groups is 1. The van der Waals surface area contributed by atoms with Gasteiger partial charge in [0.2, 0.25) is 5.88 Å². The molecule has 0 amide bonds. The number of nitro benzene ring substituents is 1. The maximum atomic E-state index is 10.9. The zero-order valence-corrected chi connectivity index (χ0v) is 14.0. The van der Waals surface area contributed by atoms with E-state index in [-0.39, 0.29) is 10.7 Å². The smallest absolute Gasteiger partial charge is 0.288 e. The molecule has 0 aliphatic heterocycles. The van der Waals surface area contributed by atoms with Crippen molar-refractivity contribution < 1.29 is 14.4 Å². The molecule has 0 fully saturated rings. The molecule has 0 radical (unpaired) electrons. The molecule has 0 saturated carbocycles. The Kier molecular flexibility index (Phi) is 6.92. The number of methoxy groups -OCH3 is 1. The molecule has 0 spiro atoms. The maximum absolute atomic E-state index is 10.9. The zero-order chi connectivity index (χ0) is 17.4. The quantitative estimate of drug-likeness (QED) is 0.424. The number of halogens is 1. The minimum absolute atomic E-state index is 0.0878. The fraction of sp³-hybridized carbons (Fsp3) is 0.312. The average molecular weight is 352 g/mol. The summed E-state index contributed by atoms with van der Waals surface area (Å²) in [5.41, 5.74) is 1.69. The summed E-state index contributed by atoms with van der Waals surface area (Å²) in [6.45, 7) is 2.04. The predicted octanol–water partition coefficient (Wildman–Crippen LogP) is 2.96. The van der Waals surface area contributed by atoms with Crippen LogP contribution < -0.4 is 10.1 Å². The van der Waals surface area contributed by atoms with E-state index >= 15 is 0 Å². The Morgan fingerprint density at radius 3 is 2.62 bits per heavy atom. The van der Waals surface area contributed by atoms with Crippen LogP contribution in [0.4, 0.5) is 5.69 Å². The van der Waals surface area contributed by atoms with Crippen LogP contribution in [0.25, 0.3) is 0 Å². The number of hydrogen-bond donors (Lipinski definition) is 1. The van der Waals surface area contributed by atoms with Crippen molar-refractivity contribution in [1.82, 2.24) is 10.3 Å². The van der Waals surface area contributed by atoms with Crippen LogP contribution in [0, 0.1) is 10.1 Å². The van der Waals surface area contributed by atoms with Crippen LogP contribution in [-0.4, -0.2) is 30.2 Å². The number of nitrogens with one attached hydrogen (secondary N) is 1. The van der Waals surface area contributed by atoms with Gasteiger partial charge in [-0.1, -0.05) is 23.7 Å². The molecule has 128 valence electrons. The van der Waals surface area contributed by atoms with Gasteiger partial charge in [-0.2, -0.15) is 0 Å². The monoisotopic (exact) mass is 351 g/mol. The highest BCUT2D eigenvalue weighted by molar-refractivity contribution is 6.32. The maximum Gasteiger partial charge on any atom is 0.288 e. The second kappa shape index (κ2) is 9.17. The topological polar surface area (TPSA) is 86.5 Å². The minimum atomic E-state index is -0.488. The molecule has 1 aromatic heterocycles. The molecule has 7 nitrogen and oxygen atoms in total. The first-order chi connectivity index (χ1) is 11.6. The van der Waals surface area contributed by atoms with Crippen LogP contribution in [0.2, 0.25) is 5.02 Å². The third-order valence-electron chi connectivity index (χ3n) is 3.20. The molecule has 1 heterocycles. The average Bonchev–Trinajstić information content (AvgIpc) is 2.58. The van der Waals surface area contributed by atoms with Crippen molar-refractivity contribution in [2.24, 2.45) is 0 Å². The SMILES string of the molecule is COCCOc1ccc(CNCc2ccc(Cl)c([N+](=O)[O-])c2)cn1. The summed E-state index contributed by atoms with van der Waals surface area (Å²) in [4.78, 5) is 14.6. The van der Waals surface area contributed by atoms with Crippen LogP contribution in [0.15, 0.2) is 36.5 Å². The van der Waals surface area contributed by atoms with Gasteiger partial charge in [-0.25, -0.2) is 4.98 Å². The molecule has 0 aliphatic rings. The van der Waals surface area contributed by atoms with Crippen molar-refractivity contribution in [2.45, 2.75) is 13.1 Å². The van der Waals surface area contributed by atoms with E-state index in [0.29, 0.717) is 32.2 Å². The Hall–Kier alpha value is -2.22. The van der Waals surface area contributed by atoms with Gasteiger partial charge in [0.25, 0.3) is 5.69 Å². The predicted molar refractivity (Wildman–Crippen MR) is 90.3 cm³/mol. The Morgan fingerprint density at radius 1 is 1.21 bits per heavy atom. The lowest BCUT2D eigenvalue weighted by Crippen LogP contribution is -2.13. The largest absolute Gasteiger partial charge is 0.475 e. The molecule has 2 rings (SSSR count). The molecular weight excluding hydrogens is 334 g/mol. The van der Waals surface area contributed by atoms with E-state index in [1.807, 2.05) is 6.07 Å². The van der Waals surface area contributed by atoms with Crippen LogP contribution in [0.1, 0.15) is 11.1 Å². The van der Waals surface area contributed by atoms with Crippen molar-refractivity contribution >= 4 is 17.3 Å². The summed E-state index contributed by atoms with van der Waals surface area (Å²) < 4.78 is 10.3. The van der Waals surface area contributed by atoms with Gasteiger partial charge in [0.1, 0.15) is 11.6 Å². The summed E-state index contributed by atoms with van der Waals surface area (Å²) >= 11 is 5.79. The lowest BCUT2D eigenvalue weighted by Gasteiger charge is -2.07. The second-order valence-corrected chi connectivity index (χ2v) is 5.40. The molecule has 0 unspecified atom stereocenters. The molecule has 0 aliphatic carbocycles. The number of ether oxygens (including phenoxy) is 2. The first kappa shape index (κ1) is 18.1. The summed E-state index contributed by atoms with van der Waals surface area (Å²) in [5.74, 6) is 0.545. The summed E-state index contributed by atoms with van der Waals surface area (Å²) in [7, 11) is 1.61. The van der Waals surface area contributed by atoms with Crippen LogP contribution in [-0.2, 0) is 17.8 Å². The summed E-state index contributed by atoms with van der Waals surface area (Å²) in [6.07, 6.45) is 1.72. The van der Waals surface area contributed by atoms with Gasteiger partial charge in [0.05, 0.1) is 11.5 Å². The lowest BCUT2D eigenvalue weighted by molar-refractivity contribution is -0.384. The van der Waals surface area contributed by atoms with E-state index in [0.717, 1.165) is 11.1 Å². The molecule has 0 bridgehead atoms. The highest BCUT2D eigenvalue weighted by atomic mass is 35.5. The minimum Gasteiger partial charge on any atom is -0.475 e. The molecule has 0 saturated heterocycles. The summed E-state index contributed by atoms with van der Waals surface area (Å²) in [6, 6.07) is 8.46. The van der Waals surface area contributed by atoms with Crippen molar-refractivity contribution in [3.8, 4) is 5.88 Å². The van der Waals surface area contributed by atoms with Crippen molar-refractivity contribution in [3.63, 3.8) is 0 Å². The highest BCUT2D eigenvalue weighted by Gasteiger charge is 2.12. The second-order valence-electron chi connectivity index (χ2n) is 4.99. The van der Waals surface area contributed by atoms with Crippen molar-refractivity contribution in [3.05, 3.63) is 62.8 Å². The van der Waals surface area contributed by atoms with E-state index in [2.05, 4.69) is 10.3 Å². The van der Waals surface area contributed by atoms with Crippen molar-refractivity contribution in [1.29, 1.82) is 0 Å². The molecular formula is C16H18ClN3O4. The molecule has 2 aromatic rings.